The Balaban J connectivity index is 1.61. The Labute approximate surface area is 189 Å². The lowest BCUT2D eigenvalue weighted by atomic mass is 10.1. The van der Waals surface area contributed by atoms with E-state index < -0.39 is 0 Å². The van der Waals surface area contributed by atoms with Crippen molar-refractivity contribution in [1.29, 1.82) is 0 Å². The van der Waals surface area contributed by atoms with Gasteiger partial charge in [0.15, 0.2) is 0 Å². The monoisotopic (exact) mass is 430 g/mol. The molecule has 0 spiro atoms. The molecule has 2 aliphatic carbocycles. The van der Waals surface area contributed by atoms with Gasteiger partial charge in [0.2, 0.25) is 0 Å². The Kier molecular flexibility index (Phi) is 5.64. The van der Waals surface area contributed by atoms with Crippen molar-refractivity contribution < 1.29 is 14.3 Å². The molecular weight excluding hydrogens is 400 g/mol. The van der Waals surface area contributed by atoms with Crippen LogP contribution in [0.15, 0.2) is 48.5 Å². The SMILES string of the molecule is COc1ccc(OC)c(-c2cc3c(n2-c2ccc(C(=O)NC4CC4)cc2)CCCCC3)c1. The van der Waals surface area contributed by atoms with Gasteiger partial charge in [-0.3, -0.25) is 4.79 Å². The van der Waals surface area contributed by atoms with Gasteiger partial charge in [0, 0.05) is 28.6 Å². The van der Waals surface area contributed by atoms with Gasteiger partial charge in [-0.2, -0.15) is 0 Å². The van der Waals surface area contributed by atoms with Crippen LogP contribution in [0.1, 0.15) is 53.7 Å². The van der Waals surface area contributed by atoms with Gasteiger partial charge in [-0.15, -0.1) is 0 Å². The lowest BCUT2D eigenvalue weighted by molar-refractivity contribution is 0.0951. The van der Waals surface area contributed by atoms with Gasteiger partial charge in [0.1, 0.15) is 11.5 Å². The Morgan fingerprint density at radius 1 is 0.938 bits per heavy atom. The Bertz CT molecular complexity index is 1130. The zero-order valence-corrected chi connectivity index (χ0v) is 18.8. The molecule has 0 atom stereocenters. The van der Waals surface area contributed by atoms with Crippen molar-refractivity contribution in [3.63, 3.8) is 0 Å². The number of amides is 1. The summed E-state index contributed by atoms with van der Waals surface area (Å²) in [6, 6.07) is 16.6. The number of aromatic nitrogens is 1. The molecule has 1 N–H and O–H groups in total. The molecule has 5 heteroatoms. The largest absolute Gasteiger partial charge is 0.497 e. The van der Waals surface area contributed by atoms with Crippen LogP contribution in [0.25, 0.3) is 16.9 Å². The molecule has 0 saturated heterocycles. The summed E-state index contributed by atoms with van der Waals surface area (Å²) in [6.07, 6.45) is 7.97. The molecule has 1 heterocycles. The minimum absolute atomic E-state index is 0.0140. The number of carbonyl (C=O) groups excluding carboxylic acids is 1. The molecule has 166 valence electrons. The van der Waals surface area contributed by atoms with E-state index in [1.54, 1.807) is 14.2 Å². The summed E-state index contributed by atoms with van der Waals surface area (Å²) in [7, 11) is 3.39. The fourth-order valence-electron chi connectivity index (χ4n) is 4.64. The maximum absolute atomic E-state index is 12.5. The van der Waals surface area contributed by atoms with Crippen LogP contribution in [0.3, 0.4) is 0 Å². The summed E-state index contributed by atoms with van der Waals surface area (Å²) < 4.78 is 13.6. The predicted octanol–water partition coefficient (Wildman–Crippen LogP) is 5.32. The minimum Gasteiger partial charge on any atom is -0.497 e. The van der Waals surface area contributed by atoms with Crippen LogP contribution < -0.4 is 14.8 Å². The normalized spacial score (nSPS) is 15.6. The van der Waals surface area contributed by atoms with Crippen molar-refractivity contribution in [1.82, 2.24) is 9.88 Å². The van der Waals surface area contributed by atoms with Crippen LogP contribution in [0.5, 0.6) is 11.5 Å². The summed E-state index contributed by atoms with van der Waals surface area (Å²) in [6.45, 7) is 0. The molecule has 1 amide bonds. The first kappa shape index (κ1) is 20.7. The Morgan fingerprint density at radius 2 is 1.72 bits per heavy atom. The summed E-state index contributed by atoms with van der Waals surface area (Å²) in [5.74, 6) is 1.64. The van der Waals surface area contributed by atoms with Gasteiger partial charge in [-0.25, -0.2) is 0 Å². The molecule has 3 aromatic rings. The van der Waals surface area contributed by atoms with E-state index in [-0.39, 0.29) is 5.91 Å². The molecule has 32 heavy (non-hydrogen) atoms. The van der Waals surface area contributed by atoms with Gasteiger partial charge in [0.25, 0.3) is 5.91 Å². The van der Waals surface area contributed by atoms with E-state index in [1.807, 2.05) is 30.3 Å². The number of aryl methyl sites for hydroxylation is 1. The Morgan fingerprint density at radius 3 is 2.44 bits per heavy atom. The molecule has 2 aliphatic rings. The highest BCUT2D eigenvalue weighted by Crippen LogP contribution is 2.39. The average molecular weight is 431 g/mol. The third-order valence-electron chi connectivity index (χ3n) is 6.53. The molecular formula is C27H30N2O3. The molecule has 0 radical (unpaired) electrons. The van der Waals surface area contributed by atoms with Gasteiger partial charge in [-0.1, -0.05) is 6.42 Å². The number of fused-ring (bicyclic) bond motifs is 1. The van der Waals surface area contributed by atoms with Crippen LogP contribution in [0, 0.1) is 0 Å². The third kappa shape index (κ3) is 3.99. The maximum Gasteiger partial charge on any atom is 0.251 e. The first-order valence-electron chi connectivity index (χ1n) is 11.5. The topological polar surface area (TPSA) is 52.5 Å². The molecule has 2 aromatic carbocycles. The van der Waals surface area contributed by atoms with Crippen LogP contribution in [0.4, 0.5) is 0 Å². The second kappa shape index (κ2) is 8.73. The first-order valence-corrected chi connectivity index (χ1v) is 11.5. The van der Waals surface area contributed by atoms with Crippen molar-refractivity contribution in [2.75, 3.05) is 14.2 Å². The van der Waals surface area contributed by atoms with Crippen molar-refractivity contribution in [3.8, 4) is 28.4 Å². The third-order valence-corrected chi connectivity index (χ3v) is 6.53. The standard InChI is InChI=1S/C27H30N2O3/c1-31-22-14-15-26(32-2)23(17-22)25-16-19-6-4-3-5-7-24(19)29(25)21-12-8-18(9-13-21)27(30)28-20-10-11-20/h8-9,12-17,20H,3-7,10-11H2,1-2H3,(H,28,30). The van der Waals surface area contributed by atoms with E-state index in [4.69, 9.17) is 9.47 Å². The minimum atomic E-state index is 0.0140. The second-order valence-electron chi connectivity index (χ2n) is 8.76. The van der Waals surface area contributed by atoms with Gasteiger partial charge in [0.05, 0.1) is 19.9 Å². The van der Waals surface area contributed by atoms with Crippen molar-refractivity contribution >= 4 is 5.91 Å². The van der Waals surface area contributed by atoms with Crippen molar-refractivity contribution in [3.05, 3.63) is 65.4 Å². The predicted molar refractivity (Wildman–Crippen MR) is 126 cm³/mol. The lowest BCUT2D eigenvalue weighted by Crippen LogP contribution is -2.25. The lowest BCUT2D eigenvalue weighted by Gasteiger charge is -2.17. The smallest absolute Gasteiger partial charge is 0.251 e. The van der Waals surface area contributed by atoms with E-state index in [0.717, 1.165) is 54.1 Å². The zero-order chi connectivity index (χ0) is 22.1. The summed E-state index contributed by atoms with van der Waals surface area (Å²) in [4.78, 5) is 12.5. The molecule has 1 fully saturated rings. The second-order valence-corrected chi connectivity index (χ2v) is 8.76. The highest BCUT2D eigenvalue weighted by atomic mass is 16.5. The number of hydrogen-bond donors (Lipinski definition) is 1. The fraction of sp³-hybridized carbons (Fsp3) is 0.370. The fourth-order valence-corrected chi connectivity index (χ4v) is 4.64. The van der Waals surface area contributed by atoms with Gasteiger partial charge >= 0.3 is 0 Å². The molecule has 5 rings (SSSR count). The number of hydrogen-bond acceptors (Lipinski definition) is 3. The number of carbonyl (C=O) groups is 1. The van der Waals surface area contributed by atoms with E-state index in [0.29, 0.717) is 11.6 Å². The van der Waals surface area contributed by atoms with E-state index in [1.165, 1.54) is 30.5 Å². The molecule has 0 aliphatic heterocycles. The molecule has 5 nitrogen and oxygen atoms in total. The average Bonchev–Trinajstić information content (AvgIpc) is 3.61. The maximum atomic E-state index is 12.5. The number of nitrogens with one attached hydrogen (secondary N) is 1. The number of methoxy groups -OCH3 is 2. The number of nitrogens with zero attached hydrogens (tertiary/aromatic N) is 1. The first-order chi connectivity index (χ1) is 15.7. The highest BCUT2D eigenvalue weighted by molar-refractivity contribution is 5.94. The molecule has 0 bridgehead atoms. The highest BCUT2D eigenvalue weighted by Gasteiger charge is 2.24. The van der Waals surface area contributed by atoms with E-state index in [9.17, 15) is 4.79 Å². The van der Waals surface area contributed by atoms with Crippen molar-refractivity contribution in [2.45, 2.75) is 51.0 Å². The van der Waals surface area contributed by atoms with Gasteiger partial charge < -0.3 is 19.4 Å². The van der Waals surface area contributed by atoms with Crippen LogP contribution >= 0.6 is 0 Å². The molecule has 1 aromatic heterocycles. The number of ether oxygens (including phenoxy) is 2. The quantitative estimate of drug-likeness (QED) is 0.538. The number of benzene rings is 2. The Hall–Kier alpha value is -3.21. The van der Waals surface area contributed by atoms with Crippen LogP contribution in [0.2, 0.25) is 0 Å². The summed E-state index contributed by atoms with van der Waals surface area (Å²) in [5.41, 5.74) is 6.64. The van der Waals surface area contributed by atoms with Crippen LogP contribution in [-0.4, -0.2) is 30.7 Å². The molecule has 1 saturated carbocycles. The summed E-state index contributed by atoms with van der Waals surface area (Å²) >= 11 is 0. The number of rotatable bonds is 6. The molecule has 0 unspecified atom stereocenters. The van der Waals surface area contributed by atoms with Gasteiger partial charge in [-0.05, 0) is 92.6 Å². The van der Waals surface area contributed by atoms with Crippen molar-refractivity contribution in [2.24, 2.45) is 0 Å². The van der Waals surface area contributed by atoms with Crippen LogP contribution in [-0.2, 0) is 12.8 Å². The van der Waals surface area contributed by atoms with E-state index >= 15 is 0 Å². The zero-order valence-electron chi connectivity index (χ0n) is 18.8. The van der Waals surface area contributed by atoms with E-state index in [2.05, 4.69) is 28.1 Å². The summed E-state index contributed by atoms with van der Waals surface area (Å²) in [5, 5.41) is 3.07.